The number of rotatable bonds is 3. The van der Waals surface area contributed by atoms with Gasteiger partial charge in [-0.15, -0.1) is 11.3 Å². The summed E-state index contributed by atoms with van der Waals surface area (Å²) in [6, 6.07) is 1.88. The third kappa shape index (κ3) is 1.86. The van der Waals surface area contributed by atoms with Gasteiger partial charge in [-0.2, -0.15) is 5.10 Å². The average molecular weight is 288 g/mol. The van der Waals surface area contributed by atoms with Crippen molar-refractivity contribution in [2.75, 3.05) is 13.1 Å². The molecule has 5 nitrogen and oxygen atoms in total. The highest BCUT2D eigenvalue weighted by molar-refractivity contribution is 7.07. The van der Waals surface area contributed by atoms with E-state index >= 15 is 0 Å². The maximum atomic E-state index is 12.6. The van der Waals surface area contributed by atoms with Gasteiger partial charge in [-0.3, -0.25) is 9.48 Å². The Balaban J connectivity index is 1.64. The van der Waals surface area contributed by atoms with Crippen molar-refractivity contribution in [1.29, 1.82) is 0 Å². The number of likely N-dealkylation sites (tertiary alicyclic amines) is 1. The van der Waals surface area contributed by atoms with Crippen molar-refractivity contribution >= 4 is 17.2 Å². The van der Waals surface area contributed by atoms with Gasteiger partial charge in [0, 0.05) is 25.0 Å². The fraction of sp³-hybridized carbons (Fsp3) is 0.500. The van der Waals surface area contributed by atoms with Crippen molar-refractivity contribution in [3.63, 3.8) is 0 Å². The van der Waals surface area contributed by atoms with Gasteiger partial charge in [0.15, 0.2) is 0 Å². The van der Waals surface area contributed by atoms with E-state index in [-0.39, 0.29) is 5.91 Å². The first-order valence-corrected chi connectivity index (χ1v) is 7.96. The van der Waals surface area contributed by atoms with E-state index in [4.69, 9.17) is 0 Å². The van der Waals surface area contributed by atoms with Gasteiger partial charge in [-0.25, -0.2) is 4.98 Å². The first-order valence-electron chi connectivity index (χ1n) is 7.02. The molecule has 2 fully saturated rings. The Labute approximate surface area is 121 Å². The van der Waals surface area contributed by atoms with Crippen LogP contribution in [0.2, 0.25) is 0 Å². The summed E-state index contributed by atoms with van der Waals surface area (Å²) in [6.45, 7) is 4.55. The molecule has 0 spiro atoms. The van der Waals surface area contributed by atoms with Gasteiger partial charge in [-0.05, 0) is 31.2 Å². The number of piperidine rings is 1. The zero-order chi connectivity index (χ0) is 13.7. The first kappa shape index (κ1) is 12.1. The van der Waals surface area contributed by atoms with Gasteiger partial charge in [0.1, 0.15) is 17.1 Å². The number of hydrogen-bond acceptors (Lipinski definition) is 4. The Morgan fingerprint density at radius 1 is 1.40 bits per heavy atom. The molecule has 2 atom stereocenters. The molecule has 2 aliphatic rings. The molecule has 3 heterocycles. The lowest BCUT2D eigenvalue weighted by Crippen LogP contribution is -2.32. The zero-order valence-corrected chi connectivity index (χ0v) is 12.1. The second kappa shape index (κ2) is 4.41. The molecule has 1 saturated heterocycles. The van der Waals surface area contributed by atoms with Gasteiger partial charge >= 0.3 is 0 Å². The van der Waals surface area contributed by atoms with Gasteiger partial charge in [0.2, 0.25) is 0 Å². The molecule has 104 valence electrons. The van der Waals surface area contributed by atoms with E-state index in [0.29, 0.717) is 12.2 Å². The molecule has 0 aromatic carbocycles. The topological polar surface area (TPSA) is 51.0 Å². The van der Waals surface area contributed by atoms with Crippen molar-refractivity contribution in [1.82, 2.24) is 19.7 Å². The lowest BCUT2D eigenvalue weighted by molar-refractivity contribution is 0.0763. The third-order valence-electron chi connectivity index (χ3n) is 4.26. The molecule has 0 bridgehead atoms. The average Bonchev–Trinajstić information content (AvgIpc) is 2.97. The lowest BCUT2D eigenvalue weighted by Gasteiger charge is -2.17. The van der Waals surface area contributed by atoms with Crippen LogP contribution in [0.4, 0.5) is 0 Å². The molecular formula is C14H16N4OS. The molecule has 20 heavy (non-hydrogen) atoms. The summed E-state index contributed by atoms with van der Waals surface area (Å²) in [5.74, 6) is 1.64. The van der Waals surface area contributed by atoms with E-state index in [1.54, 1.807) is 21.5 Å². The molecule has 2 unspecified atom stereocenters. The summed E-state index contributed by atoms with van der Waals surface area (Å²) in [5.41, 5.74) is 4.12. The normalized spacial score (nSPS) is 23.9. The van der Waals surface area contributed by atoms with Crippen LogP contribution in [-0.2, 0) is 6.54 Å². The van der Waals surface area contributed by atoms with Crippen LogP contribution in [0.3, 0.4) is 0 Å². The number of nitrogens with zero attached hydrogens (tertiary/aromatic N) is 4. The molecule has 1 saturated carbocycles. The summed E-state index contributed by atoms with van der Waals surface area (Å²) in [6.07, 6.45) is 1.31. The minimum Gasteiger partial charge on any atom is -0.337 e. The maximum absolute atomic E-state index is 12.6. The number of aryl methyl sites for hydroxylation is 1. The van der Waals surface area contributed by atoms with Crippen molar-refractivity contribution in [2.45, 2.75) is 19.9 Å². The Morgan fingerprint density at radius 2 is 2.20 bits per heavy atom. The molecule has 1 amide bonds. The highest BCUT2D eigenvalue weighted by atomic mass is 32.1. The molecule has 2 aromatic heterocycles. The summed E-state index contributed by atoms with van der Waals surface area (Å²) in [4.78, 5) is 18.9. The standard InChI is InChI=1S/C14H16N4OS/c1-2-18-13(4-11(16-18)12-7-20-8-15-12)14(19)17-5-9-3-10(9)6-17/h4,7-10H,2-3,5-6H2,1H3. The van der Waals surface area contributed by atoms with Crippen LogP contribution < -0.4 is 0 Å². The zero-order valence-electron chi connectivity index (χ0n) is 11.3. The van der Waals surface area contributed by atoms with E-state index in [1.165, 1.54) is 6.42 Å². The highest BCUT2D eigenvalue weighted by Gasteiger charge is 2.47. The monoisotopic (exact) mass is 288 g/mol. The molecular weight excluding hydrogens is 272 g/mol. The molecule has 0 radical (unpaired) electrons. The second-order valence-corrected chi connectivity index (χ2v) is 6.29. The number of amides is 1. The number of hydrogen-bond donors (Lipinski definition) is 0. The number of fused-ring (bicyclic) bond motifs is 1. The van der Waals surface area contributed by atoms with Crippen molar-refractivity contribution in [3.8, 4) is 11.4 Å². The number of aromatic nitrogens is 3. The van der Waals surface area contributed by atoms with Crippen LogP contribution in [0.5, 0.6) is 0 Å². The smallest absolute Gasteiger partial charge is 0.272 e. The number of carbonyl (C=O) groups is 1. The van der Waals surface area contributed by atoms with E-state index in [9.17, 15) is 4.79 Å². The summed E-state index contributed by atoms with van der Waals surface area (Å²) in [7, 11) is 0. The lowest BCUT2D eigenvalue weighted by atomic mass is 10.2. The Kier molecular flexibility index (Phi) is 2.66. The van der Waals surface area contributed by atoms with Crippen LogP contribution in [0.15, 0.2) is 17.0 Å². The van der Waals surface area contributed by atoms with Gasteiger partial charge in [0.05, 0.1) is 5.51 Å². The summed E-state index contributed by atoms with van der Waals surface area (Å²) in [5, 5.41) is 6.47. The van der Waals surface area contributed by atoms with Crippen LogP contribution in [0.1, 0.15) is 23.8 Å². The van der Waals surface area contributed by atoms with Crippen LogP contribution in [0, 0.1) is 11.8 Å². The quantitative estimate of drug-likeness (QED) is 0.869. The summed E-state index contributed by atoms with van der Waals surface area (Å²) >= 11 is 1.54. The summed E-state index contributed by atoms with van der Waals surface area (Å²) < 4.78 is 1.79. The van der Waals surface area contributed by atoms with E-state index in [1.807, 2.05) is 23.3 Å². The third-order valence-corrected chi connectivity index (χ3v) is 4.85. The predicted molar refractivity (Wildman–Crippen MR) is 76.5 cm³/mol. The molecule has 4 rings (SSSR count). The van der Waals surface area contributed by atoms with E-state index in [0.717, 1.165) is 36.3 Å². The molecule has 0 N–H and O–H groups in total. The SMILES string of the molecule is CCn1nc(-c2cscn2)cc1C(=O)N1CC2CC2C1. The minimum atomic E-state index is 0.119. The molecule has 6 heteroatoms. The van der Waals surface area contributed by atoms with Gasteiger partial charge in [-0.1, -0.05) is 0 Å². The van der Waals surface area contributed by atoms with E-state index in [2.05, 4.69) is 10.1 Å². The minimum absolute atomic E-state index is 0.119. The van der Waals surface area contributed by atoms with Crippen LogP contribution in [0.25, 0.3) is 11.4 Å². The van der Waals surface area contributed by atoms with Crippen molar-refractivity contribution in [3.05, 3.63) is 22.7 Å². The van der Waals surface area contributed by atoms with Crippen LogP contribution >= 0.6 is 11.3 Å². The predicted octanol–water partition coefficient (Wildman–Crippen LogP) is 2.12. The van der Waals surface area contributed by atoms with Crippen LogP contribution in [-0.4, -0.2) is 38.7 Å². The molecule has 1 aliphatic heterocycles. The molecule has 1 aliphatic carbocycles. The fourth-order valence-electron chi connectivity index (χ4n) is 3.02. The van der Waals surface area contributed by atoms with Gasteiger partial charge < -0.3 is 4.90 Å². The largest absolute Gasteiger partial charge is 0.337 e. The number of carbonyl (C=O) groups excluding carboxylic acids is 1. The Bertz CT molecular complexity index is 638. The second-order valence-electron chi connectivity index (χ2n) is 5.57. The van der Waals surface area contributed by atoms with E-state index < -0.39 is 0 Å². The maximum Gasteiger partial charge on any atom is 0.272 e. The highest BCUT2D eigenvalue weighted by Crippen LogP contribution is 2.45. The van der Waals surface area contributed by atoms with Crippen molar-refractivity contribution < 1.29 is 4.79 Å². The Morgan fingerprint density at radius 3 is 2.85 bits per heavy atom. The van der Waals surface area contributed by atoms with Crippen molar-refractivity contribution in [2.24, 2.45) is 11.8 Å². The first-order chi connectivity index (χ1) is 9.76. The Hall–Kier alpha value is -1.69. The molecule has 2 aromatic rings. The van der Waals surface area contributed by atoms with Gasteiger partial charge in [0.25, 0.3) is 5.91 Å². The number of thiazole rings is 1. The fourth-order valence-corrected chi connectivity index (χ4v) is 3.57.